The number of hydrogen-bond acceptors (Lipinski definition) is 3. The normalized spacial score (nSPS) is 19.2. The molecule has 40 heavy (non-hydrogen) atoms. The predicted molar refractivity (Wildman–Crippen MR) is 167 cm³/mol. The van der Waals surface area contributed by atoms with Crippen LogP contribution < -0.4 is 0 Å². The second-order valence-corrected chi connectivity index (χ2v) is 12.8. The monoisotopic (exact) mass is 542 g/mol. The molecule has 2 aliphatic rings. The van der Waals surface area contributed by atoms with E-state index in [1.54, 1.807) is 23.3 Å². The molecular weight excluding hydrogens is 492 g/mol. The van der Waals surface area contributed by atoms with E-state index in [4.69, 9.17) is 9.84 Å². The molecule has 0 amide bonds. The van der Waals surface area contributed by atoms with Crippen LogP contribution in [0.5, 0.6) is 5.75 Å². The van der Waals surface area contributed by atoms with Crippen LogP contribution in [0.25, 0.3) is 0 Å². The fourth-order valence-electron chi connectivity index (χ4n) is 5.38. The lowest BCUT2D eigenvalue weighted by molar-refractivity contribution is -0.168. The molecule has 3 aromatic rings. The van der Waals surface area contributed by atoms with E-state index in [0.717, 1.165) is 37.5 Å². The van der Waals surface area contributed by atoms with Crippen molar-refractivity contribution >= 4 is 5.97 Å². The summed E-state index contributed by atoms with van der Waals surface area (Å²) in [5.74, 6) is 2.46. The summed E-state index contributed by atoms with van der Waals surface area (Å²) in [6.45, 7) is 17.0. The van der Waals surface area contributed by atoms with E-state index >= 15 is 0 Å². The van der Waals surface area contributed by atoms with Crippen molar-refractivity contribution in [3.05, 3.63) is 101 Å². The Kier molecular flexibility index (Phi) is 10.6. The third-order valence-corrected chi connectivity index (χ3v) is 9.04. The molecule has 0 saturated carbocycles. The predicted octanol–water partition coefficient (Wildman–Crippen LogP) is 9.41. The molecule has 0 radical (unpaired) electrons. The van der Waals surface area contributed by atoms with Gasteiger partial charge in [0.05, 0.1) is 5.41 Å². The second-order valence-electron chi connectivity index (χ2n) is 12.8. The number of carbonyl (C=O) groups is 1. The number of rotatable bonds is 5. The van der Waals surface area contributed by atoms with Gasteiger partial charge < -0.3 is 9.84 Å². The zero-order chi connectivity index (χ0) is 29.5. The van der Waals surface area contributed by atoms with E-state index in [1.165, 1.54) is 23.1 Å². The van der Waals surface area contributed by atoms with Gasteiger partial charge in [-0.25, -0.2) is 0 Å². The highest BCUT2D eigenvalue weighted by Crippen LogP contribution is 2.37. The van der Waals surface area contributed by atoms with Crippen LogP contribution in [-0.4, -0.2) is 16.7 Å². The van der Waals surface area contributed by atoms with Crippen LogP contribution in [0.1, 0.15) is 108 Å². The van der Waals surface area contributed by atoms with Crippen LogP contribution >= 0.6 is 0 Å². The number of phenolic OH excluding ortho intramolecular Hbond substituents is 1. The van der Waals surface area contributed by atoms with E-state index in [-0.39, 0.29) is 11.6 Å². The Morgan fingerprint density at radius 2 is 1.45 bits per heavy atom. The topological polar surface area (TPSA) is 46.5 Å². The lowest BCUT2D eigenvalue weighted by Gasteiger charge is -2.30. The third-order valence-electron chi connectivity index (χ3n) is 9.04. The van der Waals surface area contributed by atoms with Gasteiger partial charge in [-0.2, -0.15) is 0 Å². The highest BCUT2D eigenvalue weighted by molar-refractivity contribution is 5.76. The summed E-state index contributed by atoms with van der Waals surface area (Å²) < 4.78 is 5.80. The minimum Gasteiger partial charge on any atom is -0.508 e. The van der Waals surface area contributed by atoms with E-state index in [0.29, 0.717) is 11.7 Å². The Morgan fingerprint density at radius 1 is 0.925 bits per heavy atom. The van der Waals surface area contributed by atoms with Gasteiger partial charge in [-0.3, -0.25) is 4.79 Å². The summed E-state index contributed by atoms with van der Waals surface area (Å²) in [7, 11) is 0. The highest BCUT2D eigenvalue weighted by Gasteiger charge is 2.39. The van der Waals surface area contributed by atoms with Crippen LogP contribution in [-0.2, 0) is 28.8 Å². The van der Waals surface area contributed by atoms with Crippen molar-refractivity contribution in [3.8, 4) is 5.75 Å². The maximum atomic E-state index is 12.2. The Hall–Kier alpha value is -3.07. The lowest BCUT2D eigenvalue weighted by Crippen LogP contribution is -2.38. The molecule has 5 rings (SSSR count). The first kappa shape index (κ1) is 31.5. The zero-order valence-electron chi connectivity index (χ0n) is 26.0. The Bertz CT molecular complexity index is 1220. The Balaban J connectivity index is 0.000000174. The molecule has 0 heterocycles. The first-order chi connectivity index (χ1) is 18.9. The van der Waals surface area contributed by atoms with Crippen LogP contribution in [0, 0.1) is 11.3 Å². The van der Waals surface area contributed by atoms with Gasteiger partial charge in [0.2, 0.25) is 0 Å². The maximum absolute atomic E-state index is 12.2. The van der Waals surface area contributed by atoms with Crippen molar-refractivity contribution in [2.75, 3.05) is 0 Å². The van der Waals surface area contributed by atoms with Crippen LogP contribution in [0.4, 0.5) is 0 Å². The van der Waals surface area contributed by atoms with Crippen molar-refractivity contribution in [2.45, 2.75) is 105 Å². The summed E-state index contributed by atoms with van der Waals surface area (Å²) in [5, 5.41) is 9.01. The molecule has 0 spiro atoms. The number of phenols is 1. The van der Waals surface area contributed by atoms with E-state index < -0.39 is 5.41 Å². The first-order valence-corrected chi connectivity index (χ1v) is 15.1. The van der Waals surface area contributed by atoms with Gasteiger partial charge in [-0.15, -0.1) is 0 Å². The Morgan fingerprint density at radius 3 is 1.95 bits per heavy atom. The number of benzene rings is 3. The van der Waals surface area contributed by atoms with Gasteiger partial charge in [0.1, 0.15) is 11.4 Å². The first-order valence-electron chi connectivity index (χ1n) is 15.1. The fraction of sp³-hybridized carbons (Fsp3) is 0.486. The van der Waals surface area contributed by atoms with Crippen LogP contribution in [0.2, 0.25) is 0 Å². The van der Waals surface area contributed by atoms with Gasteiger partial charge in [-0.05, 0) is 97.7 Å². The van der Waals surface area contributed by atoms with Gasteiger partial charge in [0, 0.05) is 12.8 Å². The number of esters is 1. The molecule has 0 bridgehead atoms. The number of carbonyl (C=O) groups excluding carboxylic acids is 1. The molecule has 3 unspecified atom stereocenters. The molecule has 2 aliphatic carbocycles. The van der Waals surface area contributed by atoms with Crippen molar-refractivity contribution in [3.63, 3.8) is 0 Å². The highest BCUT2D eigenvalue weighted by atomic mass is 16.6. The van der Waals surface area contributed by atoms with E-state index in [1.807, 2.05) is 52.0 Å². The molecule has 216 valence electrons. The summed E-state index contributed by atoms with van der Waals surface area (Å²) >= 11 is 0. The lowest BCUT2D eigenvalue weighted by atomic mass is 9.90. The summed E-state index contributed by atoms with van der Waals surface area (Å²) in [6, 6.07) is 24.6. The van der Waals surface area contributed by atoms with Gasteiger partial charge in [0.15, 0.2) is 0 Å². The van der Waals surface area contributed by atoms with Gasteiger partial charge in [-0.1, -0.05) is 95.3 Å². The van der Waals surface area contributed by atoms with Crippen LogP contribution in [0.15, 0.2) is 72.8 Å². The number of fused-ring (bicyclic) bond motifs is 2. The fourth-order valence-corrected chi connectivity index (χ4v) is 5.38. The van der Waals surface area contributed by atoms with E-state index in [9.17, 15) is 4.79 Å². The molecule has 3 atom stereocenters. The minimum absolute atomic E-state index is 0.0830. The average molecular weight is 543 g/mol. The summed E-state index contributed by atoms with van der Waals surface area (Å²) in [4.78, 5) is 12.2. The smallest absolute Gasteiger partial charge is 0.312 e. The van der Waals surface area contributed by atoms with Crippen molar-refractivity contribution in [1.82, 2.24) is 0 Å². The van der Waals surface area contributed by atoms with Crippen molar-refractivity contribution in [2.24, 2.45) is 11.3 Å². The molecule has 3 nitrogen and oxygen atoms in total. The Labute approximate surface area is 243 Å². The quantitative estimate of drug-likeness (QED) is 0.327. The molecule has 0 fully saturated rings. The average Bonchev–Trinajstić information content (AvgIpc) is 3.43. The maximum Gasteiger partial charge on any atom is 0.312 e. The molecule has 3 aromatic carbocycles. The second kappa shape index (κ2) is 13.5. The molecule has 3 heteroatoms. The van der Waals surface area contributed by atoms with E-state index in [2.05, 4.69) is 64.1 Å². The third kappa shape index (κ3) is 7.99. The summed E-state index contributed by atoms with van der Waals surface area (Å²) in [5.41, 5.74) is 6.28. The molecule has 0 saturated heterocycles. The van der Waals surface area contributed by atoms with Crippen molar-refractivity contribution < 1.29 is 14.6 Å². The van der Waals surface area contributed by atoms with Gasteiger partial charge >= 0.3 is 5.97 Å². The molecule has 0 aliphatic heterocycles. The van der Waals surface area contributed by atoms with Gasteiger partial charge in [0.25, 0.3) is 0 Å². The standard InChI is InChI=1S/C16H22O2.C11H14.C10H14O/c1-5-15(2,3)14(17)18-16(4)10-12-8-6-7-9-13(12)11-16;1-8-7-10-5-3-4-6-11(10)9(8)2;1-3-8(2)9-4-6-10(11)7-5-9/h6-9H,5,10-11H2,1-4H3;3-6,8-9H,7H2,1-2H3;4-8,11H,3H2,1-2H3. The van der Waals surface area contributed by atoms with Crippen molar-refractivity contribution in [1.29, 1.82) is 0 Å². The summed E-state index contributed by atoms with van der Waals surface area (Å²) in [6.07, 6.45) is 4.88. The number of aromatic hydroxyl groups is 1. The zero-order valence-corrected chi connectivity index (χ0v) is 26.0. The SMILES string of the molecule is CC1Cc2ccccc2C1C.CCC(C)(C)C(=O)OC1(C)Cc2ccccc2C1.CCC(C)c1ccc(O)cc1. The largest absolute Gasteiger partial charge is 0.508 e. The molecular formula is C37H50O3. The van der Waals surface area contributed by atoms with Crippen LogP contribution in [0.3, 0.4) is 0 Å². The molecule has 1 N–H and O–H groups in total. The number of ether oxygens (including phenoxy) is 1. The molecule has 0 aromatic heterocycles. The minimum atomic E-state index is -0.391. The number of hydrogen-bond donors (Lipinski definition) is 1.